The number of nitrogens with zero attached hydrogens (tertiary/aromatic N) is 3. The van der Waals surface area contributed by atoms with Gasteiger partial charge in [0.2, 0.25) is 5.91 Å². The van der Waals surface area contributed by atoms with Gasteiger partial charge in [0.05, 0.1) is 30.6 Å². The van der Waals surface area contributed by atoms with Crippen molar-refractivity contribution in [2.24, 2.45) is 5.10 Å². The van der Waals surface area contributed by atoms with Crippen molar-refractivity contribution in [3.8, 4) is 5.75 Å². The number of thioether (sulfide) groups is 1. The Morgan fingerprint density at radius 1 is 1.24 bits per heavy atom. The highest BCUT2D eigenvalue weighted by Gasteiger charge is 2.44. The minimum atomic E-state index is -0.813. The van der Waals surface area contributed by atoms with Gasteiger partial charge in [-0.25, -0.2) is 14.2 Å². The lowest BCUT2D eigenvalue weighted by Gasteiger charge is -2.36. The fourth-order valence-electron chi connectivity index (χ4n) is 4.11. The van der Waals surface area contributed by atoms with E-state index in [9.17, 15) is 13.6 Å². The second kappa shape index (κ2) is 8.91. The molecule has 3 aliphatic rings. The molecule has 0 aromatic heterocycles. The molecule has 3 heterocycles. The van der Waals surface area contributed by atoms with E-state index in [-0.39, 0.29) is 29.7 Å². The lowest BCUT2D eigenvalue weighted by atomic mass is 10.00. The van der Waals surface area contributed by atoms with Gasteiger partial charge in [0.25, 0.3) is 0 Å². The van der Waals surface area contributed by atoms with Gasteiger partial charge in [0, 0.05) is 18.5 Å². The number of ether oxygens (including phenoxy) is 1. The molecule has 5 rings (SSSR count). The van der Waals surface area contributed by atoms with E-state index in [4.69, 9.17) is 4.74 Å². The molecule has 33 heavy (non-hydrogen) atoms. The van der Waals surface area contributed by atoms with Crippen LogP contribution in [0.1, 0.15) is 18.0 Å². The smallest absolute Gasteiger partial charge is 0.234 e. The monoisotopic (exact) mass is 472 g/mol. The molecular formula is C22H22F2N6O2S. The maximum atomic E-state index is 13.8. The molecule has 0 bridgehead atoms. The Labute approximate surface area is 193 Å². The second-order valence-corrected chi connectivity index (χ2v) is 8.74. The Hall–Kier alpha value is -3.31. The highest BCUT2D eigenvalue weighted by atomic mass is 32.2. The number of fused-ring (bicyclic) bond motifs is 3. The summed E-state index contributed by atoms with van der Waals surface area (Å²) in [5.74, 6) is -1.05. The van der Waals surface area contributed by atoms with Crippen LogP contribution >= 0.6 is 11.8 Å². The quantitative estimate of drug-likeness (QED) is 0.617. The number of hydrazine groups is 1. The Balaban J connectivity index is 1.18. The summed E-state index contributed by atoms with van der Waals surface area (Å²) in [4.78, 5) is 14.3. The minimum absolute atomic E-state index is 0.0372. The fourth-order valence-corrected chi connectivity index (χ4v) is 4.88. The first-order chi connectivity index (χ1) is 16.0. The number of methoxy groups -OCH3 is 1. The van der Waals surface area contributed by atoms with Gasteiger partial charge in [-0.15, -0.1) is 0 Å². The summed E-state index contributed by atoms with van der Waals surface area (Å²) in [6.07, 6.45) is 4.66. The van der Waals surface area contributed by atoms with Gasteiger partial charge in [0.1, 0.15) is 23.5 Å². The first kappa shape index (κ1) is 21.5. The number of hydrogen-bond donors (Lipinski definition) is 3. The van der Waals surface area contributed by atoms with Crippen molar-refractivity contribution in [2.45, 2.75) is 24.7 Å². The summed E-state index contributed by atoms with van der Waals surface area (Å²) < 4.78 is 32.0. The SMILES string of the molecule is COc1ccc(C2CC3C4NN=C(SCC(=O)Nc5ccc(F)cc5F)N4C=CN3N2)cc1. The average molecular weight is 473 g/mol. The van der Waals surface area contributed by atoms with Gasteiger partial charge in [-0.05, 0) is 36.2 Å². The molecule has 1 fully saturated rings. The summed E-state index contributed by atoms with van der Waals surface area (Å²) in [6, 6.07) is 11.3. The molecule has 0 aliphatic carbocycles. The number of rotatable bonds is 5. The predicted molar refractivity (Wildman–Crippen MR) is 122 cm³/mol. The third kappa shape index (κ3) is 4.33. The minimum Gasteiger partial charge on any atom is -0.497 e. The van der Waals surface area contributed by atoms with E-state index in [2.05, 4.69) is 38.4 Å². The van der Waals surface area contributed by atoms with Gasteiger partial charge in [-0.2, -0.15) is 5.10 Å². The van der Waals surface area contributed by atoms with Crippen LogP contribution in [0.2, 0.25) is 0 Å². The van der Waals surface area contributed by atoms with Crippen LogP contribution in [0.4, 0.5) is 14.5 Å². The zero-order valence-corrected chi connectivity index (χ0v) is 18.5. The maximum Gasteiger partial charge on any atom is 0.234 e. The lowest BCUT2D eigenvalue weighted by molar-refractivity contribution is -0.113. The number of hydrazone groups is 1. The molecule has 1 amide bonds. The van der Waals surface area contributed by atoms with Crippen LogP contribution in [0.3, 0.4) is 0 Å². The van der Waals surface area contributed by atoms with E-state index < -0.39 is 17.5 Å². The van der Waals surface area contributed by atoms with Gasteiger partial charge < -0.3 is 20.0 Å². The number of benzene rings is 2. The van der Waals surface area contributed by atoms with E-state index in [1.165, 1.54) is 23.4 Å². The third-order valence-electron chi connectivity index (χ3n) is 5.76. The van der Waals surface area contributed by atoms with E-state index in [1.54, 1.807) is 7.11 Å². The third-order valence-corrected chi connectivity index (χ3v) is 6.73. The number of carbonyl (C=O) groups is 1. The van der Waals surface area contributed by atoms with Crippen molar-refractivity contribution in [3.05, 3.63) is 72.1 Å². The lowest BCUT2D eigenvalue weighted by Crippen LogP contribution is -2.54. The number of hydrogen-bond acceptors (Lipinski definition) is 8. The topological polar surface area (TPSA) is 81.2 Å². The Morgan fingerprint density at radius 2 is 2.06 bits per heavy atom. The van der Waals surface area contributed by atoms with Crippen LogP contribution in [-0.4, -0.2) is 46.1 Å². The van der Waals surface area contributed by atoms with Crippen molar-refractivity contribution >= 4 is 28.5 Å². The number of anilines is 1. The van der Waals surface area contributed by atoms with Gasteiger partial charge in [-0.3, -0.25) is 10.2 Å². The number of nitrogens with one attached hydrogen (secondary N) is 3. The molecule has 3 aliphatic heterocycles. The van der Waals surface area contributed by atoms with Gasteiger partial charge in [-0.1, -0.05) is 23.9 Å². The largest absolute Gasteiger partial charge is 0.497 e. The fraction of sp³-hybridized carbons (Fsp3) is 0.273. The highest BCUT2D eigenvalue weighted by Crippen LogP contribution is 2.35. The molecule has 0 saturated carbocycles. The zero-order valence-electron chi connectivity index (χ0n) is 17.7. The van der Waals surface area contributed by atoms with Gasteiger partial charge in [0.15, 0.2) is 5.17 Å². The second-order valence-electron chi connectivity index (χ2n) is 7.80. The zero-order chi connectivity index (χ0) is 22.9. The molecular weight excluding hydrogens is 450 g/mol. The van der Waals surface area contributed by atoms with Crippen LogP contribution in [0.25, 0.3) is 0 Å². The molecule has 172 valence electrons. The van der Waals surface area contributed by atoms with Crippen LogP contribution in [0.15, 0.2) is 60.0 Å². The number of carbonyl (C=O) groups excluding carboxylic acids is 1. The van der Waals surface area contributed by atoms with Crippen LogP contribution in [-0.2, 0) is 4.79 Å². The normalized spacial score (nSPS) is 23.0. The van der Waals surface area contributed by atoms with E-state index >= 15 is 0 Å². The molecule has 8 nitrogen and oxygen atoms in total. The Morgan fingerprint density at radius 3 is 2.82 bits per heavy atom. The number of halogens is 2. The Bertz CT molecular complexity index is 1110. The van der Waals surface area contributed by atoms with Crippen molar-refractivity contribution in [3.63, 3.8) is 0 Å². The molecule has 1 saturated heterocycles. The summed E-state index contributed by atoms with van der Waals surface area (Å²) in [5.41, 5.74) is 7.80. The maximum absolute atomic E-state index is 13.8. The Kier molecular flexibility index (Phi) is 5.81. The summed E-state index contributed by atoms with van der Waals surface area (Å²) in [5, 5.41) is 9.59. The van der Waals surface area contributed by atoms with Crippen LogP contribution in [0, 0.1) is 11.6 Å². The van der Waals surface area contributed by atoms with Gasteiger partial charge >= 0.3 is 0 Å². The molecule has 2 aromatic carbocycles. The highest BCUT2D eigenvalue weighted by molar-refractivity contribution is 8.14. The molecule has 3 atom stereocenters. The number of amidine groups is 1. The van der Waals surface area contributed by atoms with E-state index in [0.29, 0.717) is 5.17 Å². The number of amides is 1. The molecule has 3 N–H and O–H groups in total. The molecule has 11 heteroatoms. The van der Waals surface area contributed by atoms with Crippen LogP contribution < -0.4 is 20.9 Å². The summed E-state index contributed by atoms with van der Waals surface area (Å²) in [6.45, 7) is 0. The van der Waals surface area contributed by atoms with E-state index in [1.807, 2.05) is 29.4 Å². The van der Waals surface area contributed by atoms with Crippen molar-refractivity contribution in [2.75, 3.05) is 18.2 Å². The first-order valence-electron chi connectivity index (χ1n) is 10.4. The molecule has 0 radical (unpaired) electrons. The van der Waals surface area contributed by atoms with Crippen molar-refractivity contribution in [1.82, 2.24) is 20.8 Å². The van der Waals surface area contributed by atoms with Crippen molar-refractivity contribution in [1.29, 1.82) is 0 Å². The standard InChI is InChI=1S/C22H22F2N6O2S/c1-32-15-5-2-13(3-6-15)18-11-19-21-26-27-22(29(21)8-9-30(19)28-18)33-12-20(31)25-17-7-4-14(23)10-16(17)24/h2-10,18-19,21,26,28H,11-12H2,1H3,(H,25,31). The van der Waals surface area contributed by atoms with Crippen molar-refractivity contribution < 1.29 is 18.3 Å². The average Bonchev–Trinajstić information content (AvgIpc) is 3.43. The van der Waals surface area contributed by atoms with E-state index in [0.717, 1.165) is 24.3 Å². The predicted octanol–water partition coefficient (Wildman–Crippen LogP) is 2.95. The molecule has 0 spiro atoms. The molecule has 2 aromatic rings. The van der Waals surface area contributed by atoms with Crippen LogP contribution in [0.5, 0.6) is 5.75 Å². The summed E-state index contributed by atoms with van der Waals surface area (Å²) in [7, 11) is 1.65. The molecule has 3 unspecified atom stereocenters. The first-order valence-corrected chi connectivity index (χ1v) is 11.4. The summed E-state index contributed by atoms with van der Waals surface area (Å²) >= 11 is 1.24.